The molecule has 0 aliphatic rings. The van der Waals surface area contributed by atoms with Crippen LogP contribution < -0.4 is 25.9 Å². The van der Waals surface area contributed by atoms with Crippen molar-refractivity contribution >= 4 is 57.2 Å². The number of primary amides is 1. The third kappa shape index (κ3) is 7.29. The van der Waals surface area contributed by atoms with E-state index in [4.69, 9.17) is 26.8 Å². The molecule has 0 aromatic heterocycles. The van der Waals surface area contributed by atoms with Gasteiger partial charge in [-0.05, 0) is 75.6 Å². The van der Waals surface area contributed by atoms with Crippen LogP contribution in [0.1, 0.15) is 21.5 Å². The molecule has 0 saturated carbocycles. The predicted molar refractivity (Wildman–Crippen MR) is 136 cm³/mol. The number of methoxy groups -OCH3 is 1. The van der Waals surface area contributed by atoms with Crippen LogP contribution in [0.15, 0.2) is 70.2 Å². The highest BCUT2D eigenvalue weighted by molar-refractivity contribution is 9.10. The van der Waals surface area contributed by atoms with Crippen molar-refractivity contribution in [2.45, 2.75) is 6.61 Å². The first-order valence-electron chi connectivity index (χ1n) is 10.1. The number of amides is 3. The number of nitrogens with two attached hydrogens (primary N) is 1. The molecule has 4 N–H and O–H groups in total. The topological polar surface area (TPSA) is 132 Å². The van der Waals surface area contributed by atoms with Crippen LogP contribution in [0.5, 0.6) is 11.5 Å². The summed E-state index contributed by atoms with van der Waals surface area (Å²) in [6, 6.07) is 16.4. The van der Waals surface area contributed by atoms with Gasteiger partial charge in [0.2, 0.25) is 5.91 Å². The molecule has 3 aromatic rings. The fourth-order valence-corrected chi connectivity index (χ4v) is 3.51. The van der Waals surface area contributed by atoms with E-state index in [1.54, 1.807) is 24.3 Å². The summed E-state index contributed by atoms with van der Waals surface area (Å²) >= 11 is 9.36. The lowest BCUT2D eigenvalue weighted by Crippen LogP contribution is -2.32. The second-order valence-corrected chi connectivity index (χ2v) is 8.33. The second-order valence-electron chi connectivity index (χ2n) is 7.04. The number of carbonyl (C=O) groups is 3. The highest BCUT2D eigenvalue weighted by atomic mass is 79.9. The zero-order valence-corrected chi connectivity index (χ0v) is 20.7. The van der Waals surface area contributed by atoms with Crippen LogP contribution in [0.2, 0.25) is 5.02 Å². The molecule has 0 radical (unpaired) electrons. The van der Waals surface area contributed by atoms with Gasteiger partial charge in [-0.15, -0.1) is 0 Å². The van der Waals surface area contributed by atoms with Crippen LogP contribution in [0.25, 0.3) is 0 Å². The number of benzene rings is 3. The van der Waals surface area contributed by atoms with E-state index in [0.717, 1.165) is 5.56 Å². The number of hydrogen-bond acceptors (Lipinski definition) is 6. The molecule has 0 atom stereocenters. The maximum Gasteiger partial charge on any atom is 0.329 e. The lowest BCUT2D eigenvalue weighted by molar-refractivity contribution is -0.136. The molecular weight excluding hydrogens is 540 g/mol. The highest BCUT2D eigenvalue weighted by Crippen LogP contribution is 2.36. The lowest BCUT2D eigenvalue weighted by atomic mass is 10.2. The molecule has 0 spiro atoms. The summed E-state index contributed by atoms with van der Waals surface area (Å²) in [7, 11) is 1.50. The number of nitrogens with one attached hydrogen (secondary N) is 2. The Morgan fingerprint density at radius 1 is 1.06 bits per heavy atom. The van der Waals surface area contributed by atoms with Crippen molar-refractivity contribution in [2.24, 2.45) is 10.8 Å². The van der Waals surface area contributed by atoms with Crippen LogP contribution >= 0.6 is 27.5 Å². The van der Waals surface area contributed by atoms with Crippen molar-refractivity contribution in [1.29, 1.82) is 0 Å². The molecule has 3 aromatic carbocycles. The van der Waals surface area contributed by atoms with Crippen molar-refractivity contribution in [3.63, 3.8) is 0 Å². The number of nitrogens with zero attached hydrogens (tertiary/aromatic N) is 1. The number of hydrogen-bond donors (Lipinski definition) is 3. The maximum absolute atomic E-state index is 12.0. The summed E-state index contributed by atoms with van der Waals surface area (Å²) in [5, 5.41) is 6.85. The van der Waals surface area contributed by atoms with Crippen molar-refractivity contribution in [2.75, 3.05) is 12.4 Å². The molecule has 11 heteroatoms. The van der Waals surface area contributed by atoms with Crippen LogP contribution in [0, 0.1) is 0 Å². The Morgan fingerprint density at radius 2 is 1.74 bits per heavy atom. The lowest BCUT2D eigenvalue weighted by Gasteiger charge is -2.13. The van der Waals surface area contributed by atoms with Gasteiger partial charge in [-0.1, -0.05) is 23.7 Å². The Kier molecular flexibility index (Phi) is 8.82. The van der Waals surface area contributed by atoms with Crippen molar-refractivity contribution in [3.8, 4) is 11.5 Å². The average Bonchev–Trinajstić information content (AvgIpc) is 2.84. The second kappa shape index (κ2) is 12.0. The monoisotopic (exact) mass is 558 g/mol. The number of hydrazone groups is 1. The molecule has 0 unspecified atom stereocenters. The van der Waals surface area contributed by atoms with Gasteiger partial charge in [-0.25, -0.2) is 5.43 Å². The molecular formula is C24H20BrClN4O5. The quantitative estimate of drug-likeness (QED) is 0.219. The number of halogens is 2. The number of rotatable bonds is 8. The first-order chi connectivity index (χ1) is 16.8. The van der Waals surface area contributed by atoms with Gasteiger partial charge in [0.05, 0.1) is 17.8 Å². The number of ether oxygens (including phenoxy) is 2. The third-order valence-electron chi connectivity index (χ3n) is 4.56. The SMILES string of the molecule is COc1cc(/C=N/NC(=O)C(=O)Nc2ccc(C(N)=O)cc2)cc(Br)c1OCc1ccc(Cl)cc1. The van der Waals surface area contributed by atoms with E-state index in [1.165, 1.54) is 37.6 Å². The summed E-state index contributed by atoms with van der Waals surface area (Å²) in [5.74, 6) is -1.57. The largest absolute Gasteiger partial charge is 0.493 e. The third-order valence-corrected chi connectivity index (χ3v) is 5.40. The Balaban J connectivity index is 1.59. The molecule has 35 heavy (non-hydrogen) atoms. The zero-order chi connectivity index (χ0) is 25.4. The molecule has 0 aliphatic carbocycles. The molecule has 0 fully saturated rings. The van der Waals surface area contributed by atoms with Gasteiger partial charge in [0, 0.05) is 16.3 Å². The maximum atomic E-state index is 12.0. The first-order valence-corrected chi connectivity index (χ1v) is 11.2. The van der Waals surface area contributed by atoms with Crippen LogP contribution in [0.4, 0.5) is 5.69 Å². The van der Waals surface area contributed by atoms with E-state index < -0.39 is 17.7 Å². The average molecular weight is 560 g/mol. The van der Waals surface area contributed by atoms with E-state index >= 15 is 0 Å². The fourth-order valence-electron chi connectivity index (χ4n) is 2.81. The molecule has 3 amide bonds. The van der Waals surface area contributed by atoms with Crippen molar-refractivity contribution in [3.05, 3.63) is 86.8 Å². The van der Waals surface area contributed by atoms with Gasteiger partial charge in [0.15, 0.2) is 11.5 Å². The molecule has 0 heterocycles. The van der Waals surface area contributed by atoms with Gasteiger partial charge < -0.3 is 20.5 Å². The van der Waals surface area contributed by atoms with Gasteiger partial charge >= 0.3 is 11.8 Å². The smallest absolute Gasteiger partial charge is 0.329 e. The van der Waals surface area contributed by atoms with Crippen LogP contribution in [-0.4, -0.2) is 31.0 Å². The van der Waals surface area contributed by atoms with Crippen molar-refractivity contribution < 1.29 is 23.9 Å². The minimum atomic E-state index is -0.978. The minimum absolute atomic E-state index is 0.278. The van der Waals surface area contributed by atoms with E-state index in [9.17, 15) is 14.4 Å². The summed E-state index contributed by atoms with van der Waals surface area (Å²) < 4.78 is 11.9. The van der Waals surface area contributed by atoms with Gasteiger partial charge in [-0.3, -0.25) is 14.4 Å². The number of anilines is 1. The standard InChI is InChI=1S/C24H20BrClN4O5/c1-34-20-11-15(10-19(25)21(20)35-13-14-2-6-17(26)7-3-14)12-28-30-24(33)23(32)29-18-8-4-16(5-9-18)22(27)31/h2-12H,13H2,1H3,(H2,27,31)(H,29,32)(H,30,33)/b28-12+. The predicted octanol–water partition coefficient (Wildman–Crippen LogP) is 3.88. The molecule has 0 bridgehead atoms. The number of carbonyl (C=O) groups excluding carboxylic acids is 3. The fraction of sp³-hybridized carbons (Fsp3) is 0.0833. The highest BCUT2D eigenvalue weighted by Gasteiger charge is 2.14. The first kappa shape index (κ1) is 25.7. The van der Waals surface area contributed by atoms with Crippen LogP contribution in [0.3, 0.4) is 0 Å². The molecule has 180 valence electrons. The van der Waals surface area contributed by atoms with E-state index in [-0.39, 0.29) is 5.56 Å². The molecule has 9 nitrogen and oxygen atoms in total. The Hall–Kier alpha value is -3.89. The van der Waals surface area contributed by atoms with Crippen LogP contribution in [-0.2, 0) is 16.2 Å². The summed E-state index contributed by atoms with van der Waals surface area (Å²) in [4.78, 5) is 35.2. The van der Waals surface area contributed by atoms with Gasteiger partial charge in [0.25, 0.3) is 0 Å². The van der Waals surface area contributed by atoms with E-state index in [1.807, 2.05) is 12.1 Å². The minimum Gasteiger partial charge on any atom is -0.493 e. The summed E-state index contributed by atoms with van der Waals surface area (Å²) in [5.41, 5.74) is 9.42. The van der Waals surface area contributed by atoms with E-state index in [0.29, 0.717) is 38.9 Å². The molecule has 3 rings (SSSR count). The Bertz CT molecular complexity index is 1260. The van der Waals surface area contributed by atoms with Crippen molar-refractivity contribution in [1.82, 2.24) is 5.43 Å². The molecule has 0 aliphatic heterocycles. The molecule has 0 saturated heterocycles. The van der Waals surface area contributed by atoms with Gasteiger partial charge in [-0.2, -0.15) is 5.10 Å². The normalized spacial score (nSPS) is 10.6. The van der Waals surface area contributed by atoms with Gasteiger partial charge in [0.1, 0.15) is 6.61 Å². The van der Waals surface area contributed by atoms with E-state index in [2.05, 4.69) is 31.8 Å². The zero-order valence-electron chi connectivity index (χ0n) is 18.4. The summed E-state index contributed by atoms with van der Waals surface area (Å²) in [6.45, 7) is 0.302. The Morgan fingerprint density at radius 3 is 2.37 bits per heavy atom. The Labute approximate surface area is 214 Å². The summed E-state index contributed by atoms with van der Waals surface area (Å²) in [6.07, 6.45) is 1.35.